The van der Waals surface area contributed by atoms with Crippen molar-refractivity contribution in [1.29, 1.82) is 0 Å². The number of benzene rings is 2. The maximum absolute atomic E-state index is 3.45. The molecule has 0 aliphatic rings. The van der Waals surface area contributed by atoms with Gasteiger partial charge in [-0.05, 0) is 35.9 Å². The minimum Gasteiger partial charge on any atom is -0.381 e. The van der Waals surface area contributed by atoms with Crippen LogP contribution in [-0.2, 0) is 6.54 Å². The van der Waals surface area contributed by atoms with Crippen LogP contribution in [0.5, 0.6) is 0 Å². The second kappa shape index (κ2) is 5.44. The van der Waals surface area contributed by atoms with Crippen LogP contribution in [0.1, 0.15) is 5.56 Å². The van der Waals surface area contributed by atoms with E-state index in [1.165, 1.54) is 11.3 Å². The van der Waals surface area contributed by atoms with Crippen LogP contribution in [0.2, 0.25) is 0 Å². The van der Waals surface area contributed by atoms with Gasteiger partial charge in [-0.15, -0.1) is 0 Å². The van der Waals surface area contributed by atoms with Crippen LogP contribution in [0, 0.1) is 0 Å². The molecule has 0 atom stereocenters. The normalized spacial score (nSPS) is 10.3. The van der Waals surface area contributed by atoms with Crippen LogP contribution in [0.15, 0.2) is 79.1 Å². The Morgan fingerprint density at radius 1 is 0.789 bits per heavy atom. The number of nitrogens with one attached hydrogen (secondary N) is 1. The van der Waals surface area contributed by atoms with Crippen molar-refractivity contribution < 1.29 is 0 Å². The van der Waals surface area contributed by atoms with Gasteiger partial charge >= 0.3 is 0 Å². The highest BCUT2D eigenvalue weighted by Gasteiger charge is 1.97. The second-order valence-electron chi connectivity index (χ2n) is 4.48. The summed E-state index contributed by atoms with van der Waals surface area (Å²) in [5.74, 6) is 0. The summed E-state index contributed by atoms with van der Waals surface area (Å²) >= 11 is 0. The first-order valence-electron chi connectivity index (χ1n) is 6.43. The van der Waals surface area contributed by atoms with Gasteiger partial charge in [0, 0.05) is 30.3 Å². The highest BCUT2D eigenvalue weighted by Crippen LogP contribution is 2.15. The van der Waals surface area contributed by atoms with E-state index < -0.39 is 0 Å². The molecule has 1 N–H and O–H groups in total. The van der Waals surface area contributed by atoms with E-state index in [4.69, 9.17) is 0 Å². The van der Waals surface area contributed by atoms with Crippen molar-refractivity contribution in [1.82, 2.24) is 4.57 Å². The van der Waals surface area contributed by atoms with Gasteiger partial charge in [-0.2, -0.15) is 0 Å². The van der Waals surface area contributed by atoms with Gasteiger partial charge in [0.1, 0.15) is 0 Å². The number of hydrogen-bond acceptors (Lipinski definition) is 1. The van der Waals surface area contributed by atoms with Crippen LogP contribution in [-0.4, -0.2) is 4.57 Å². The molecule has 0 unspecified atom stereocenters. The zero-order valence-corrected chi connectivity index (χ0v) is 10.7. The van der Waals surface area contributed by atoms with Gasteiger partial charge in [0.2, 0.25) is 0 Å². The Hall–Kier alpha value is -2.48. The summed E-state index contributed by atoms with van der Waals surface area (Å²) < 4.78 is 2.10. The fourth-order valence-electron chi connectivity index (χ4n) is 2.08. The molecule has 1 heterocycles. The third-order valence-electron chi connectivity index (χ3n) is 3.09. The molecule has 0 bridgehead atoms. The Kier molecular flexibility index (Phi) is 3.32. The minimum atomic E-state index is 0.843. The summed E-state index contributed by atoms with van der Waals surface area (Å²) in [4.78, 5) is 0. The van der Waals surface area contributed by atoms with E-state index in [1.807, 2.05) is 18.2 Å². The van der Waals surface area contributed by atoms with Crippen LogP contribution in [0.3, 0.4) is 0 Å². The van der Waals surface area contributed by atoms with Crippen LogP contribution in [0.4, 0.5) is 5.69 Å². The molecule has 0 aliphatic carbocycles. The maximum Gasteiger partial charge on any atom is 0.0469 e. The molecule has 19 heavy (non-hydrogen) atoms. The average molecular weight is 248 g/mol. The van der Waals surface area contributed by atoms with Crippen LogP contribution >= 0.6 is 0 Å². The van der Waals surface area contributed by atoms with E-state index in [-0.39, 0.29) is 0 Å². The molecule has 0 fully saturated rings. The van der Waals surface area contributed by atoms with E-state index in [1.54, 1.807) is 0 Å². The summed E-state index contributed by atoms with van der Waals surface area (Å²) in [5, 5.41) is 3.45. The molecular weight excluding hydrogens is 232 g/mol. The van der Waals surface area contributed by atoms with E-state index in [0.29, 0.717) is 0 Å². The Morgan fingerprint density at radius 2 is 1.58 bits per heavy atom. The van der Waals surface area contributed by atoms with Crippen molar-refractivity contribution in [2.75, 3.05) is 5.32 Å². The maximum atomic E-state index is 3.45. The molecule has 0 amide bonds. The number of aromatic nitrogens is 1. The predicted molar refractivity (Wildman–Crippen MR) is 79.5 cm³/mol. The van der Waals surface area contributed by atoms with Crippen LogP contribution in [0.25, 0.3) is 5.69 Å². The minimum absolute atomic E-state index is 0.843. The van der Waals surface area contributed by atoms with E-state index in [9.17, 15) is 0 Å². The number of hydrogen-bond donors (Lipinski definition) is 1. The molecule has 2 nitrogen and oxygen atoms in total. The second-order valence-corrected chi connectivity index (χ2v) is 4.48. The molecule has 0 saturated heterocycles. The monoisotopic (exact) mass is 248 g/mol. The smallest absolute Gasteiger partial charge is 0.0469 e. The first kappa shape index (κ1) is 11.6. The summed E-state index contributed by atoms with van der Waals surface area (Å²) in [7, 11) is 0. The van der Waals surface area contributed by atoms with Gasteiger partial charge in [0.15, 0.2) is 0 Å². The van der Waals surface area contributed by atoms with E-state index in [0.717, 1.165) is 12.2 Å². The van der Waals surface area contributed by atoms with Gasteiger partial charge in [-0.25, -0.2) is 0 Å². The lowest BCUT2D eigenvalue weighted by atomic mass is 10.2. The summed E-state index contributed by atoms with van der Waals surface area (Å²) in [5.41, 5.74) is 3.59. The highest BCUT2D eigenvalue weighted by atomic mass is 14.9. The molecular formula is C17H16N2. The van der Waals surface area contributed by atoms with E-state index in [2.05, 4.69) is 70.8 Å². The van der Waals surface area contributed by atoms with Crippen molar-refractivity contribution in [3.05, 3.63) is 84.7 Å². The van der Waals surface area contributed by atoms with Gasteiger partial charge < -0.3 is 9.88 Å². The van der Waals surface area contributed by atoms with Crippen molar-refractivity contribution in [3.63, 3.8) is 0 Å². The SMILES string of the molecule is c1ccc(CNc2cccc(-n3cccc3)c2)cc1. The van der Waals surface area contributed by atoms with Gasteiger partial charge in [-0.1, -0.05) is 36.4 Å². The van der Waals surface area contributed by atoms with Gasteiger partial charge in [0.05, 0.1) is 0 Å². The number of rotatable bonds is 4. The highest BCUT2D eigenvalue weighted by molar-refractivity contribution is 5.51. The number of anilines is 1. The quantitative estimate of drug-likeness (QED) is 0.736. The lowest BCUT2D eigenvalue weighted by Crippen LogP contribution is -2.00. The molecule has 94 valence electrons. The molecule has 2 heteroatoms. The molecule has 0 saturated carbocycles. The van der Waals surface area contributed by atoms with E-state index >= 15 is 0 Å². The van der Waals surface area contributed by atoms with Crippen molar-refractivity contribution in [3.8, 4) is 5.69 Å². The molecule has 3 rings (SSSR count). The van der Waals surface area contributed by atoms with Gasteiger partial charge in [0.25, 0.3) is 0 Å². The summed E-state index contributed by atoms with van der Waals surface area (Å²) in [6.07, 6.45) is 4.10. The topological polar surface area (TPSA) is 17.0 Å². The lowest BCUT2D eigenvalue weighted by Gasteiger charge is -2.09. The predicted octanol–water partition coefficient (Wildman–Crippen LogP) is 4.09. The Bertz CT molecular complexity index is 627. The lowest BCUT2D eigenvalue weighted by molar-refractivity contribution is 1.07. The first-order valence-corrected chi connectivity index (χ1v) is 6.43. The Balaban J connectivity index is 1.74. The largest absolute Gasteiger partial charge is 0.381 e. The zero-order chi connectivity index (χ0) is 12.9. The molecule has 1 aromatic heterocycles. The fourth-order valence-corrected chi connectivity index (χ4v) is 2.08. The van der Waals surface area contributed by atoms with Crippen molar-refractivity contribution in [2.24, 2.45) is 0 Å². The zero-order valence-electron chi connectivity index (χ0n) is 10.7. The molecule has 2 aromatic carbocycles. The average Bonchev–Trinajstić information content (AvgIpc) is 3.01. The standard InChI is InChI=1S/C17H16N2/c1-2-7-15(8-3-1)14-18-16-9-6-10-17(13-16)19-11-4-5-12-19/h1-13,18H,14H2. The first-order chi connectivity index (χ1) is 9.42. The van der Waals surface area contributed by atoms with Crippen molar-refractivity contribution >= 4 is 5.69 Å². The molecule has 0 aliphatic heterocycles. The van der Waals surface area contributed by atoms with Crippen LogP contribution < -0.4 is 5.32 Å². The third kappa shape index (κ3) is 2.86. The fraction of sp³-hybridized carbons (Fsp3) is 0.0588. The van der Waals surface area contributed by atoms with Gasteiger partial charge in [-0.3, -0.25) is 0 Å². The molecule has 0 radical (unpaired) electrons. The molecule has 0 spiro atoms. The summed E-state index contributed by atoms with van der Waals surface area (Å²) in [6.45, 7) is 0.843. The Morgan fingerprint density at radius 3 is 2.37 bits per heavy atom. The molecule has 3 aromatic rings. The van der Waals surface area contributed by atoms with Crippen molar-refractivity contribution in [2.45, 2.75) is 6.54 Å². The number of nitrogens with zero attached hydrogens (tertiary/aromatic N) is 1. The third-order valence-corrected chi connectivity index (χ3v) is 3.09. The Labute approximate surface area is 113 Å². The summed E-state index contributed by atoms with van der Waals surface area (Å²) in [6, 6.07) is 22.9.